The molecule has 0 aliphatic carbocycles. The van der Waals surface area contributed by atoms with Gasteiger partial charge in [0.1, 0.15) is 6.04 Å². The van der Waals surface area contributed by atoms with Crippen molar-refractivity contribution >= 4 is 11.8 Å². The lowest BCUT2D eigenvalue weighted by atomic mass is 9.97. The van der Waals surface area contributed by atoms with Crippen molar-refractivity contribution in [1.82, 2.24) is 15.1 Å². The fraction of sp³-hybridized carbons (Fsp3) is 0.600. The number of hydrogen-bond donors (Lipinski definition) is 1. The van der Waals surface area contributed by atoms with E-state index in [9.17, 15) is 22.8 Å². The fourth-order valence-electron chi connectivity index (χ4n) is 4.15. The van der Waals surface area contributed by atoms with E-state index in [1.807, 2.05) is 18.2 Å². The third-order valence-electron chi connectivity index (χ3n) is 5.65. The van der Waals surface area contributed by atoms with Crippen molar-refractivity contribution in [1.29, 1.82) is 0 Å². The Balaban J connectivity index is 1.53. The van der Waals surface area contributed by atoms with Gasteiger partial charge in [0.15, 0.2) is 0 Å². The highest BCUT2D eigenvalue weighted by molar-refractivity contribution is 5.90. The molecule has 5 nitrogen and oxygen atoms in total. The van der Waals surface area contributed by atoms with Crippen LogP contribution in [0.25, 0.3) is 0 Å². The van der Waals surface area contributed by atoms with Gasteiger partial charge in [-0.25, -0.2) is 0 Å². The van der Waals surface area contributed by atoms with Crippen LogP contribution in [0.2, 0.25) is 0 Å². The maximum absolute atomic E-state index is 12.7. The molecule has 2 fully saturated rings. The van der Waals surface area contributed by atoms with Crippen molar-refractivity contribution in [2.45, 2.75) is 63.5 Å². The van der Waals surface area contributed by atoms with Gasteiger partial charge in [0.25, 0.3) is 0 Å². The molecule has 28 heavy (non-hydrogen) atoms. The van der Waals surface area contributed by atoms with Crippen LogP contribution in [-0.4, -0.2) is 59.0 Å². The van der Waals surface area contributed by atoms with Crippen molar-refractivity contribution in [3.05, 3.63) is 35.9 Å². The van der Waals surface area contributed by atoms with E-state index < -0.39 is 24.0 Å². The van der Waals surface area contributed by atoms with Crippen LogP contribution in [0.4, 0.5) is 13.2 Å². The standard InChI is InChI=1S/C20H26F3N3O2/c1-14-12-16(9-11-25(14)13-15-6-3-2-4-7-15)24-18(27)17-8-5-10-26(17)19(28)20(21,22)23/h2-4,6-7,14,16-17H,5,8-13H2,1H3,(H,24,27)/t14-,16+,17+/m1/s1. The molecule has 154 valence electrons. The van der Waals surface area contributed by atoms with E-state index in [0.29, 0.717) is 11.3 Å². The molecule has 2 heterocycles. The summed E-state index contributed by atoms with van der Waals surface area (Å²) in [4.78, 5) is 27.1. The van der Waals surface area contributed by atoms with Crippen LogP contribution in [0, 0.1) is 0 Å². The summed E-state index contributed by atoms with van der Waals surface area (Å²) in [6.45, 7) is 3.70. The summed E-state index contributed by atoms with van der Waals surface area (Å²) in [6, 6.07) is 9.27. The first-order valence-electron chi connectivity index (χ1n) is 9.72. The first kappa shape index (κ1) is 20.6. The van der Waals surface area contributed by atoms with Crippen LogP contribution >= 0.6 is 0 Å². The second-order valence-corrected chi connectivity index (χ2v) is 7.69. The third-order valence-corrected chi connectivity index (χ3v) is 5.65. The fourth-order valence-corrected chi connectivity index (χ4v) is 4.15. The van der Waals surface area contributed by atoms with Gasteiger partial charge in [-0.15, -0.1) is 0 Å². The molecule has 0 aromatic heterocycles. The number of carbonyl (C=O) groups excluding carboxylic acids is 2. The van der Waals surface area contributed by atoms with Gasteiger partial charge in [0, 0.05) is 31.7 Å². The zero-order valence-corrected chi connectivity index (χ0v) is 15.9. The highest BCUT2D eigenvalue weighted by Crippen LogP contribution is 2.26. The summed E-state index contributed by atoms with van der Waals surface area (Å²) in [5.41, 5.74) is 1.23. The molecular formula is C20H26F3N3O2. The van der Waals surface area contributed by atoms with Gasteiger partial charge >= 0.3 is 12.1 Å². The predicted molar refractivity (Wildman–Crippen MR) is 98.3 cm³/mol. The van der Waals surface area contributed by atoms with Crippen LogP contribution in [-0.2, 0) is 16.1 Å². The Morgan fingerprint density at radius 2 is 1.86 bits per heavy atom. The molecule has 3 rings (SSSR count). The van der Waals surface area contributed by atoms with E-state index >= 15 is 0 Å². The number of benzene rings is 1. The molecule has 8 heteroatoms. The molecule has 0 spiro atoms. The van der Waals surface area contributed by atoms with Crippen LogP contribution in [0.15, 0.2) is 30.3 Å². The average Bonchev–Trinajstić information content (AvgIpc) is 3.13. The molecule has 0 radical (unpaired) electrons. The molecule has 3 atom stereocenters. The van der Waals surface area contributed by atoms with E-state index in [1.165, 1.54) is 5.56 Å². The number of amides is 2. The molecule has 0 bridgehead atoms. The molecule has 0 unspecified atom stereocenters. The van der Waals surface area contributed by atoms with Gasteiger partial charge in [-0.05, 0) is 38.2 Å². The van der Waals surface area contributed by atoms with Gasteiger partial charge in [0.05, 0.1) is 0 Å². The Kier molecular flexibility index (Phi) is 6.27. The number of piperidine rings is 1. The summed E-state index contributed by atoms with van der Waals surface area (Å²) in [5, 5.41) is 2.89. The number of rotatable bonds is 4. The lowest BCUT2D eigenvalue weighted by Gasteiger charge is -2.38. The molecule has 1 aromatic rings. The summed E-state index contributed by atoms with van der Waals surface area (Å²) < 4.78 is 38.2. The minimum atomic E-state index is -4.94. The Bertz CT molecular complexity index is 696. The Morgan fingerprint density at radius 1 is 1.14 bits per heavy atom. The summed E-state index contributed by atoms with van der Waals surface area (Å²) in [6.07, 6.45) is -2.79. The van der Waals surface area contributed by atoms with E-state index in [1.54, 1.807) is 0 Å². The number of carbonyl (C=O) groups is 2. The van der Waals surface area contributed by atoms with Crippen molar-refractivity contribution in [3.8, 4) is 0 Å². The number of likely N-dealkylation sites (tertiary alicyclic amines) is 2. The van der Waals surface area contributed by atoms with Gasteiger partial charge in [-0.1, -0.05) is 30.3 Å². The number of halogens is 3. The van der Waals surface area contributed by atoms with Gasteiger partial charge in [0.2, 0.25) is 5.91 Å². The second-order valence-electron chi connectivity index (χ2n) is 7.69. The maximum atomic E-state index is 12.7. The number of alkyl halides is 3. The maximum Gasteiger partial charge on any atom is 0.471 e. The lowest BCUT2D eigenvalue weighted by Crippen LogP contribution is -2.54. The minimum Gasteiger partial charge on any atom is -0.351 e. The van der Waals surface area contributed by atoms with E-state index in [2.05, 4.69) is 29.3 Å². The summed E-state index contributed by atoms with van der Waals surface area (Å²) in [7, 11) is 0. The van der Waals surface area contributed by atoms with Gasteiger partial charge in [-0.3, -0.25) is 14.5 Å². The molecule has 2 aliphatic heterocycles. The van der Waals surface area contributed by atoms with E-state index in [4.69, 9.17) is 0 Å². The smallest absolute Gasteiger partial charge is 0.351 e. The van der Waals surface area contributed by atoms with Crippen molar-refractivity contribution < 1.29 is 22.8 Å². The van der Waals surface area contributed by atoms with Crippen LogP contribution < -0.4 is 5.32 Å². The third kappa shape index (κ3) is 4.84. The Hall–Kier alpha value is -2.09. The molecule has 2 saturated heterocycles. The summed E-state index contributed by atoms with van der Waals surface area (Å²) >= 11 is 0. The molecule has 0 saturated carbocycles. The monoisotopic (exact) mass is 397 g/mol. The predicted octanol–water partition coefficient (Wildman–Crippen LogP) is 2.71. The number of nitrogens with one attached hydrogen (secondary N) is 1. The van der Waals surface area contributed by atoms with Gasteiger partial charge < -0.3 is 10.2 Å². The van der Waals surface area contributed by atoms with Gasteiger partial charge in [-0.2, -0.15) is 13.2 Å². The minimum absolute atomic E-state index is 0.0254. The van der Waals surface area contributed by atoms with Crippen LogP contribution in [0.5, 0.6) is 0 Å². The molecule has 2 aliphatic rings. The Labute approximate surface area is 162 Å². The highest BCUT2D eigenvalue weighted by Gasteiger charge is 2.47. The number of nitrogens with zero attached hydrogens (tertiary/aromatic N) is 2. The van der Waals surface area contributed by atoms with E-state index in [0.717, 1.165) is 25.9 Å². The largest absolute Gasteiger partial charge is 0.471 e. The Morgan fingerprint density at radius 3 is 2.50 bits per heavy atom. The van der Waals surface area contributed by atoms with Crippen molar-refractivity contribution in [2.75, 3.05) is 13.1 Å². The zero-order chi connectivity index (χ0) is 20.3. The SMILES string of the molecule is C[C@@H]1C[C@@H](NC(=O)[C@@H]2CCCN2C(=O)C(F)(F)F)CCN1Cc1ccccc1. The first-order valence-corrected chi connectivity index (χ1v) is 9.72. The topological polar surface area (TPSA) is 52.7 Å². The van der Waals surface area contributed by atoms with Crippen molar-refractivity contribution in [3.63, 3.8) is 0 Å². The first-order chi connectivity index (χ1) is 13.3. The normalized spacial score (nSPS) is 26.3. The average molecular weight is 397 g/mol. The lowest BCUT2D eigenvalue weighted by molar-refractivity contribution is -0.186. The van der Waals surface area contributed by atoms with Crippen molar-refractivity contribution in [2.24, 2.45) is 0 Å². The molecule has 1 N–H and O–H groups in total. The molecular weight excluding hydrogens is 371 g/mol. The second kappa shape index (κ2) is 8.51. The highest BCUT2D eigenvalue weighted by atomic mass is 19.4. The van der Waals surface area contributed by atoms with Crippen LogP contribution in [0.1, 0.15) is 38.2 Å². The van der Waals surface area contributed by atoms with E-state index in [-0.39, 0.29) is 25.0 Å². The molecule has 1 aromatic carbocycles. The number of hydrogen-bond acceptors (Lipinski definition) is 3. The quantitative estimate of drug-likeness (QED) is 0.850. The zero-order valence-electron chi connectivity index (χ0n) is 15.9. The summed E-state index contributed by atoms with van der Waals surface area (Å²) in [5.74, 6) is -2.39. The van der Waals surface area contributed by atoms with Crippen LogP contribution in [0.3, 0.4) is 0 Å². The molecule has 2 amide bonds.